The smallest absolute Gasteiger partial charge is 0.319 e. The summed E-state index contributed by atoms with van der Waals surface area (Å²) in [6, 6.07) is 7.09. The predicted molar refractivity (Wildman–Crippen MR) is 136 cm³/mol. The Bertz CT molecular complexity index is 982. The summed E-state index contributed by atoms with van der Waals surface area (Å²) in [5.41, 5.74) is 8.62. The van der Waals surface area contributed by atoms with E-state index in [2.05, 4.69) is 20.8 Å². The van der Waals surface area contributed by atoms with E-state index in [0.29, 0.717) is 25.2 Å². The number of aliphatic hydroxyl groups excluding tert-OH is 4. The van der Waals surface area contributed by atoms with E-state index >= 15 is 0 Å². The Hall–Kier alpha value is -2.74. The summed E-state index contributed by atoms with van der Waals surface area (Å²) in [5, 5.41) is 52.7. The van der Waals surface area contributed by atoms with Crippen molar-refractivity contribution < 1.29 is 34.7 Å². The highest BCUT2D eigenvalue weighted by Crippen LogP contribution is 2.31. The number of hydrogen-bond acceptors (Lipinski definition) is 9. The Balaban J connectivity index is 1.66. The SMILES string of the molecule is CC(C)c1[nH]nc(O[C@@H]2O[C@H](CO)[C@@H](O)[C@H](O)[C@H]2O)c1Cc1ccc(NC(=O)NCCCCCN)cc1. The van der Waals surface area contributed by atoms with Crippen LogP contribution in [0, 0.1) is 0 Å². The average Bonchev–Trinajstić information content (AvgIpc) is 3.27. The number of hydrogen-bond donors (Lipinski definition) is 8. The van der Waals surface area contributed by atoms with E-state index in [9.17, 15) is 25.2 Å². The van der Waals surface area contributed by atoms with Gasteiger partial charge < -0.3 is 46.3 Å². The van der Waals surface area contributed by atoms with Crippen molar-refractivity contribution >= 4 is 11.7 Å². The Labute approximate surface area is 216 Å². The van der Waals surface area contributed by atoms with Crippen molar-refractivity contribution in [1.82, 2.24) is 15.5 Å². The maximum atomic E-state index is 12.1. The van der Waals surface area contributed by atoms with Crippen LogP contribution >= 0.6 is 0 Å². The summed E-state index contributed by atoms with van der Waals surface area (Å²) in [7, 11) is 0. The van der Waals surface area contributed by atoms with Crippen LogP contribution in [0.5, 0.6) is 5.88 Å². The molecular weight excluding hydrogens is 482 g/mol. The number of carbonyl (C=O) groups excluding carboxylic acids is 1. The topological polar surface area (TPSA) is 195 Å². The molecule has 0 saturated carbocycles. The predicted octanol–water partition coefficient (Wildman–Crippen LogP) is 0.553. The monoisotopic (exact) mass is 521 g/mol. The molecule has 12 heteroatoms. The van der Waals surface area contributed by atoms with E-state index in [-0.39, 0.29) is 17.8 Å². The number of amides is 2. The molecule has 2 amide bonds. The van der Waals surface area contributed by atoms with Crippen molar-refractivity contribution in [2.75, 3.05) is 25.0 Å². The Morgan fingerprint density at radius 2 is 1.86 bits per heavy atom. The molecule has 1 aromatic carbocycles. The summed E-state index contributed by atoms with van der Waals surface area (Å²) in [6.07, 6.45) is -3.76. The van der Waals surface area contributed by atoms with Crippen LogP contribution in [-0.4, -0.2) is 87.1 Å². The van der Waals surface area contributed by atoms with Crippen LogP contribution in [-0.2, 0) is 11.2 Å². The van der Waals surface area contributed by atoms with Crippen LogP contribution < -0.4 is 21.1 Å². The van der Waals surface area contributed by atoms with Gasteiger partial charge in [0, 0.05) is 29.9 Å². The van der Waals surface area contributed by atoms with Crippen molar-refractivity contribution in [2.24, 2.45) is 5.73 Å². The van der Waals surface area contributed by atoms with Gasteiger partial charge in [-0.15, -0.1) is 5.10 Å². The number of nitrogens with two attached hydrogens (primary N) is 1. The molecule has 0 unspecified atom stereocenters. The van der Waals surface area contributed by atoms with E-state index in [1.54, 1.807) is 12.1 Å². The van der Waals surface area contributed by atoms with Gasteiger partial charge in [0.1, 0.15) is 24.4 Å². The van der Waals surface area contributed by atoms with Gasteiger partial charge in [-0.25, -0.2) is 4.79 Å². The number of H-pyrrole nitrogens is 1. The van der Waals surface area contributed by atoms with Gasteiger partial charge in [0.05, 0.1) is 6.61 Å². The highest BCUT2D eigenvalue weighted by Gasteiger charge is 2.45. The van der Waals surface area contributed by atoms with Crippen LogP contribution in [0.2, 0.25) is 0 Å². The minimum absolute atomic E-state index is 0.0872. The Morgan fingerprint density at radius 1 is 1.14 bits per heavy atom. The molecule has 0 spiro atoms. The third kappa shape index (κ3) is 7.63. The zero-order chi connectivity index (χ0) is 26.9. The van der Waals surface area contributed by atoms with Gasteiger partial charge in [0.25, 0.3) is 0 Å². The highest BCUT2D eigenvalue weighted by molar-refractivity contribution is 5.89. The third-order valence-electron chi connectivity index (χ3n) is 6.27. The van der Waals surface area contributed by atoms with Gasteiger partial charge in [0.2, 0.25) is 12.2 Å². The standard InChI is InChI=1S/C25H39N5O7/c1-14(2)19-17(23(30-29-19)37-24-22(34)21(33)20(32)18(13-31)36-24)12-15-6-8-16(9-7-15)28-25(35)27-11-5-3-4-10-26/h6-9,14,18,20-22,24,31-34H,3-5,10-13,26H2,1-2H3,(H,29,30)(H2,27,28,35)/t18-,20-,21+,22-,24+/m1/s1. The lowest BCUT2D eigenvalue weighted by Crippen LogP contribution is -2.60. The molecular formula is C25H39N5O7. The van der Waals surface area contributed by atoms with Crippen LogP contribution in [0.1, 0.15) is 55.8 Å². The number of aliphatic hydroxyl groups is 4. The molecule has 0 radical (unpaired) electrons. The second kappa shape index (κ2) is 13.7. The van der Waals surface area contributed by atoms with Gasteiger partial charge in [0.15, 0.2) is 0 Å². The summed E-state index contributed by atoms with van der Waals surface area (Å²) < 4.78 is 11.3. The van der Waals surface area contributed by atoms with Crippen LogP contribution in [0.25, 0.3) is 0 Å². The van der Waals surface area contributed by atoms with E-state index in [1.807, 2.05) is 26.0 Å². The van der Waals surface area contributed by atoms with Crippen LogP contribution in [0.4, 0.5) is 10.5 Å². The average molecular weight is 522 g/mol. The summed E-state index contributed by atoms with van der Waals surface area (Å²) in [4.78, 5) is 12.1. The summed E-state index contributed by atoms with van der Waals surface area (Å²) in [6.45, 7) is 4.67. The fourth-order valence-electron chi connectivity index (χ4n) is 4.12. The van der Waals surface area contributed by atoms with E-state index < -0.39 is 37.3 Å². The zero-order valence-electron chi connectivity index (χ0n) is 21.3. The third-order valence-corrected chi connectivity index (χ3v) is 6.27. The van der Waals surface area contributed by atoms with Gasteiger partial charge in [-0.2, -0.15) is 0 Å². The van der Waals surface area contributed by atoms with Crippen molar-refractivity contribution in [3.63, 3.8) is 0 Å². The first-order valence-corrected chi connectivity index (χ1v) is 12.6. The second-order valence-corrected chi connectivity index (χ2v) is 9.49. The number of carbonyl (C=O) groups is 1. The fourth-order valence-corrected chi connectivity index (χ4v) is 4.12. The molecule has 9 N–H and O–H groups in total. The molecule has 12 nitrogen and oxygen atoms in total. The Morgan fingerprint density at radius 3 is 2.51 bits per heavy atom. The number of aromatic amines is 1. The lowest BCUT2D eigenvalue weighted by atomic mass is 9.98. The highest BCUT2D eigenvalue weighted by atomic mass is 16.7. The summed E-state index contributed by atoms with van der Waals surface area (Å²) >= 11 is 0. The fraction of sp³-hybridized carbons (Fsp3) is 0.600. The molecule has 2 aromatic rings. The van der Waals surface area contributed by atoms with Crippen molar-refractivity contribution in [2.45, 2.75) is 76.2 Å². The number of anilines is 1. The largest absolute Gasteiger partial charge is 0.443 e. The molecule has 1 aliphatic rings. The first kappa shape index (κ1) is 28.8. The lowest BCUT2D eigenvalue weighted by Gasteiger charge is -2.39. The second-order valence-electron chi connectivity index (χ2n) is 9.49. The Kier molecular flexibility index (Phi) is 10.7. The number of ether oxygens (including phenoxy) is 2. The number of unbranched alkanes of at least 4 members (excludes halogenated alkanes) is 2. The normalized spacial score (nSPS) is 23.7. The van der Waals surface area contributed by atoms with E-state index in [4.69, 9.17) is 15.2 Å². The summed E-state index contributed by atoms with van der Waals surface area (Å²) in [5.74, 6) is 0.272. The molecule has 1 aromatic heterocycles. The van der Waals surface area contributed by atoms with Crippen LogP contribution in [0.3, 0.4) is 0 Å². The van der Waals surface area contributed by atoms with Crippen LogP contribution in [0.15, 0.2) is 24.3 Å². The number of nitrogens with zero attached hydrogens (tertiary/aromatic N) is 1. The zero-order valence-corrected chi connectivity index (χ0v) is 21.3. The molecule has 37 heavy (non-hydrogen) atoms. The molecule has 5 atom stereocenters. The first-order chi connectivity index (χ1) is 17.7. The molecule has 0 bridgehead atoms. The number of urea groups is 1. The quantitative estimate of drug-likeness (QED) is 0.184. The lowest BCUT2D eigenvalue weighted by molar-refractivity contribution is -0.278. The number of rotatable bonds is 12. The first-order valence-electron chi connectivity index (χ1n) is 12.6. The maximum absolute atomic E-state index is 12.1. The van der Waals surface area contributed by atoms with E-state index in [0.717, 1.165) is 36.1 Å². The van der Waals surface area contributed by atoms with Crippen molar-refractivity contribution in [3.8, 4) is 5.88 Å². The van der Waals surface area contributed by atoms with Gasteiger partial charge in [-0.3, -0.25) is 5.10 Å². The van der Waals surface area contributed by atoms with Gasteiger partial charge in [-0.1, -0.05) is 32.4 Å². The molecule has 206 valence electrons. The van der Waals surface area contributed by atoms with Crippen molar-refractivity contribution in [1.29, 1.82) is 0 Å². The molecule has 1 fully saturated rings. The number of aromatic nitrogens is 2. The van der Waals surface area contributed by atoms with Gasteiger partial charge in [-0.05, 0) is 43.0 Å². The van der Waals surface area contributed by atoms with Crippen molar-refractivity contribution in [3.05, 3.63) is 41.1 Å². The number of benzene rings is 1. The molecule has 1 saturated heterocycles. The minimum atomic E-state index is -1.55. The molecule has 3 rings (SSSR count). The number of nitrogens with one attached hydrogen (secondary N) is 3. The molecule has 2 heterocycles. The van der Waals surface area contributed by atoms with Gasteiger partial charge >= 0.3 is 6.03 Å². The molecule has 0 aliphatic carbocycles. The minimum Gasteiger partial charge on any atom is -0.443 e. The maximum Gasteiger partial charge on any atom is 0.319 e. The van der Waals surface area contributed by atoms with E-state index in [1.165, 1.54) is 0 Å². The molecule has 1 aliphatic heterocycles.